The summed E-state index contributed by atoms with van der Waals surface area (Å²) in [6.07, 6.45) is -1.34. The molecule has 2 unspecified atom stereocenters. The fourth-order valence-electron chi connectivity index (χ4n) is 3.17. The van der Waals surface area contributed by atoms with E-state index >= 15 is 0 Å². The Morgan fingerprint density at radius 2 is 2.04 bits per heavy atom. The molecule has 10 heteroatoms. The zero-order valence-corrected chi connectivity index (χ0v) is 14.3. The second-order valence-corrected chi connectivity index (χ2v) is 6.37. The molecule has 1 aliphatic heterocycles. The SMILES string of the molecule is Nc1cccc(CNc2ncnc3c2ncn3[C@@H]2O[C@H](CO)C(O)C2O)c1. The molecule has 0 radical (unpaired) electrons. The second kappa shape index (κ2) is 7.08. The number of nitrogen functional groups attached to an aromatic ring is 1. The lowest BCUT2D eigenvalue weighted by molar-refractivity contribution is -0.0511. The van der Waals surface area contributed by atoms with E-state index in [0.717, 1.165) is 5.56 Å². The summed E-state index contributed by atoms with van der Waals surface area (Å²) in [6.45, 7) is 0.0984. The zero-order chi connectivity index (χ0) is 19.0. The van der Waals surface area contributed by atoms with E-state index < -0.39 is 31.1 Å². The van der Waals surface area contributed by atoms with Crippen molar-refractivity contribution >= 4 is 22.7 Å². The van der Waals surface area contributed by atoms with Gasteiger partial charge in [-0.15, -0.1) is 0 Å². The molecule has 1 fully saturated rings. The summed E-state index contributed by atoms with van der Waals surface area (Å²) in [5, 5.41) is 32.7. The Balaban J connectivity index is 1.60. The first-order chi connectivity index (χ1) is 13.1. The van der Waals surface area contributed by atoms with Gasteiger partial charge in [-0.1, -0.05) is 12.1 Å². The van der Waals surface area contributed by atoms with Crippen molar-refractivity contribution in [3.63, 3.8) is 0 Å². The van der Waals surface area contributed by atoms with Crippen LogP contribution in [-0.2, 0) is 11.3 Å². The number of aliphatic hydroxyl groups is 3. The maximum Gasteiger partial charge on any atom is 0.167 e. The molecule has 1 aromatic carbocycles. The Kier molecular flexibility index (Phi) is 4.62. The molecule has 1 aliphatic rings. The lowest BCUT2D eigenvalue weighted by atomic mass is 10.1. The van der Waals surface area contributed by atoms with Crippen LogP contribution in [0.3, 0.4) is 0 Å². The predicted molar refractivity (Wildman–Crippen MR) is 96.5 cm³/mol. The second-order valence-electron chi connectivity index (χ2n) is 6.37. The fraction of sp³-hybridized carbons (Fsp3) is 0.353. The topological polar surface area (TPSA) is 152 Å². The lowest BCUT2D eigenvalue weighted by Crippen LogP contribution is -2.33. The van der Waals surface area contributed by atoms with E-state index in [0.29, 0.717) is 29.2 Å². The molecule has 1 saturated heterocycles. The number of ether oxygens (including phenoxy) is 1. The number of rotatable bonds is 5. The van der Waals surface area contributed by atoms with E-state index in [2.05, 4.69) is 20.3 Å². The van der Waals surface area contributed by atoms with Crippen LogP contribution < -0.4 is 11.1 Å². The summed E-state index contributed by atoms with van der Waals surface area (Å²) in [4.78, 5) is 12.8. The molecule has 3 aromatic rings. The van der Waals surface area contributed by atoms with Gasteiger partial charge in [-0.3, -0.25) is 4.57 Å². The fourth-order valence-corrected chi connectivity index (χ4v) is 3.17. The normalized spacial score (nSPS) is 25.1. The first-order valence-electron chi connectivity index (χ1n) is 8.46. The molecule has 0 aliphatic carbocycles. The molecule has 0 saturated carbocycles. The van der Waals surface area contributed by atoms with Crippen LogP contribution in [0.2, 0.25) is 0 Å². The zero-order valence-electron chi connectivity index (χ0n) is 14.3. The van der Waals surface area contributed by atoms with Crippen LogP contribution in [0.15, 0.2) is 36.9 Å². The van der Waals surface area contributed by atoms with Crippen molar-refractivity contribution in [1.82, 2.24) is 19.5 Å². The number of aliphatic hydroxyl groups excluding tert-OH is 3. The number of hydrogen-bond donors (Lipinski definition) is 5. The average molecular weight is 372 g/mol. The molecule has 4 rings (SSSR count). The molecule has 6 N–H and O–H groups in total. The maximum atomic E-state index is 10.2. The number of benzene rings is 1. The van der Waals surface area contributed by atoms with Crippen LogP contribution in [-0.4, -0.2) is 59.8 Å². The number of hydrogen-bond acceptors (Lipinski definition) is 9. The van der Waals surface area contributed by atoms with E-state index in [1.807, 2.05) is 24.3 Å². The Morgan fingerprint density at radius 3 is 2.78 bits per heavy atom. The summed E-state index contributed by atoms with van der Waals surface area (Å²) in [6, 6.07) is 7.50. The minimum absolute atomic E-state index is 0.399. The van der Waals surface area contributed by atoms with Crippen molar-refractivity contribution in [2.75, 3.05) is 17.7 Å². The Labute approximate surface area is 154 Å². The van der Waals surface area contributed by atoms with Crippen LogP contribution in [0.4, 0.5) is 11.5 Å². The van der Waals surface area contributed by atoms with Gasteiger partial charge < -0.3 is 31.1 Å². The third-order valence-corrected chi connectivity index (χ3v) is 4.56. The van der Waals surface area contributed by atoms with Crippen LogP contribution in [0.1, 0.15) is 11.8 Å². The van der Waals surface area contributed by atoms with E-state index in [1.54, 1.807) is 0 Å². The summed E-state index contributed by atoms with van der Waals surface area (Å²) >= 11 is 0. The van der Waals surface area contributed by atoms with E-state index in [4.69, 9.17) is 10.5 Å². The molecule has 27 heavy (non-hydrogen) atoms. The number of anilines is 2. The van der Waals surface area contributed by atoms with E-state index in [9.17, 15) is 15.3 Å². The van der Waals surface area contributed by atoms with Crippen LogP contribution >= 0.6 is 0 Å². The summed E-state index contributed by atoms with van der Waals surface area (Å²) in [5.74, 6) is 0.521. The lowest BCUT2D eigenvalue weighted by Gasteiger charge is -2.16. The van der Waals surface area contributed by atoms with Gasteiger partial charge in [-0.05, 0) is 17.7 Å². The van der Waals surface area contributed by atoms with Gasteiger partial charge in [0.2, 0.25) is 0 Å². The highest BCUT2D eigenvalue weighted by Gasteiger charge is 2.44. The third kappa shape index (κ3) is 3.19. The molecular formula is C17H20N6O4. The quantitative estimate of drug-likeness (QED) is 0.378. The molecule has 3 heterocycles. The molecule has 0 amide bonds. The minimum Gasteiger partial charge on any atom is -0.399 e. The van der Waals surface area contributed by atoms with Crippen LogP contribution in [0.25, 0.3) is 11.2 Å². The molecule has 0 spiro atoms. The van der Waals surface area contributed by atoms with Gasteiger partial charge in [-0.2, -0.15) is 0 Å². The van der Waals surface area contributed by atoms with Crippen molar-refractivity contribution < 1.29 is 20.1 Å². The Hall–Kier alpha value is -2.79. The number of nitrogens with two attached hydrogens (primary N) is 1. The number of nitrogens with zero attached hydrogens (tertiary/aromatic N) is 4. The van der Waals surface area contributed by atoms with Crippen molar-refractivity contribution in [2.45, 2.75) is 31.1 Å². The molecule has 0 bridgehead atoms. The monoisotopic (exact) mass is 372 g/mol. The van der Waals surface area contributed by atoms with Crippen LogP contribution in [0.5, 0.6) is 0 Å². The van der Waals surface area contributed by atoms with E-state index in [1.165, 1.54) is 17.2 Å². The molecular weight excluding hydrogens is 352 g/mol. The van der Waals surface area contributed by atoms with Crippen molar-refractivity contribution in [2.24, 2.45) is 0 Å². The Morgan fingerprint density at radius 1 is 1.19 bits per heavy atom. The Bertz CT molecular complexity index is 948. The highest BCUT2D eigenvalue weighted by Crippen LogP contribution is 2.32. The first kappa shape index (κ1) is 17.6. The third-order valence-electron chi connectivity index (χ3n) is 4.56. The predicted octanol–water partition coefficient (Wildman–Crippen LogP) is -0.368. The van der Waals surface area contributed by atoms with Crippen LogP contribution in [0, 0.1) is 0 Å². The molecule has 10 nitrogen and oxygen atoms in total. The summed E-state index contributed by atoms with van der Waals surface area (Å²) < 4.78 is 7.07. The standard InChI is InChI=1S/C17H20N6O4/c18-10-3-1-2-9(4-10)5-19-15-12-16(21-7-20-15)23(8-22-12)17-14(26)13(25)11(6-24)27-17/h1-4,7-8,11,13-14,17,24-26H,5-6,18H2,(H,19,20,21)/t11-,13?,14?,17-/m1/s1. The van der Waals surface area contributed by atoms with Gasteiger partial charge in [0.25, 0.3) is 0 Å². The van der Waals surface area contributed by atoms with Gasteiger partial charge in [0.1, 0.15) is 24.6 Å². The highest BCUT2D eigenvalue weighted by molar-refractivity contribution is 5.82. The smallest absolute Gasteiger partial charge is 0.167 e. The van der Waals surface area contributed by atoms with Crippen molar-refractivity contribution in [3.05, 3.63) is 42.5 Å². The summed E-state index contributed by atoms with van der Waals surface area (Å²) in [7, 11) is 0. The highest BCUT2D eigenvalue weighted by atomic mass is 16.6. The number of imidazole rings is 1. The molecule has 4 atom stereocenters. The largest absolute Gasteiger partial charge is 0.399 e. The average Bonchev–Trinajstić information content (AvgIpc) is 3.22. The van der Waals surface area contributed by atoms with Gasteiger partial charge in [-0.25, -0.2) is 15.0 Å². The maximum absolute atomic E-state index is 10.2. The number of nitrogens with one attached hydrogen (secondary N) is 1. The van der Waals surface area contributed by atoms with Gasteiger partial charge in [0.15, 0.2) is 23.2 Å². The first-order valence-corrected chi connectivity index (χ1v) is 8.46. The van der Waals surface area contributed by atoms with Gasteiger partial charge in [0.05, 0.1) is 12.9 Å². The van der Waals surface area contributed by atoms with Gasteiger partial charge in [0, 0.05) is 12.2 Å². The van der Waals surface area contributed by atoms with Crippen molar-refractivity contribution in [3.8, 4) is 0 Å². The van der Waals surface area contributed by atoms with Gasteiger partial charge >= 0.3 is 0 Å². The van der Waals surface area contributed by atoms with E-state index in [-0.39, 0.29) is 0 Å². The van der Waals surface area contributed by atoms with Crippen molar-refractivity contribution in [1.29, 1.82) is 0 Å². The number of fused-ring (bicyclic) bond motifs is 1. The minimum atomic E-state index is -1.21. The molecule has 2 aromatic heterocycles. The molecule has 142 valence electrons. The summed E-state index contributed by atoms with van der Waals surface area (Å²) in [5.41, 5.74) is 8.40. The number of aromatic nitrogens is 4.